The lowest BCUT2D eigenvalue weighted by atomic mass is 10.0. The molecule has 3 rings (SSSR count). The lowest BCUT2D eigenvalue weighted by Gasteiger charge is -2.06. The van der Waals surface area contributed by atoms with Gasteiger partial charge in [-0.15, -0.1) is 0 Å². The largest absolute Gasteiger partial charge is 0.457 e. The van der Waals surface area contributed by atoms with Gasteiger partial charge in [0.25, 0.3) is 0 Å². The SMILES string of the molecule is O=C(Cc1ccc(F)cc1)OCC(=O)c1ccc(-c2ccccc2)cc1. The molecule has 0 heterocycles. The summed E-state index contributed by atoms with van der Waals surface area (Å²) in [4.78, 5) is 24.0. The van der Waals surface area contributed by atoms with Crippen LogP contribution in [0.4, 0.5) is 4.39 Å². The van der Waals surface area contributed by atoms with E-state index in [1.165, 1.54) is 24.3 Å². The summed E-state index contributed by atoms with van der Waals surface area (Å²) in [6, 6.07) is 22.6. The summed E-state index contributed by atoms with van der Waals surface area (Å²) in [5, 5.41) is 0. The first kappa shape index (κ1) is 17.5. The van der Waals surface area contributed by atoms with Crippen LogP contribution in [0.15, 0.2) is 78.9 Å². The number of hydrogen-bond acceptors (Lipinski definition) is 3. The number of rotatable bonds is 6. The maximum atomic E-state index is 12.8. The minimum absolute atomic E-state index is 0.000501. The maximum Gasteiger partial charge on any atom is 0.310 e. The van der Waals surface area contributed by atoms with Crippen LogP contribution >= 0.6 is 0 Å². The molecule has 0 amide bonds. The van der Waals surface area contributed by atoms with Crippen molar-refractivity contribution in [3.05, 3.63) is 95.8 Å². The number of esters is 1. The van der Waals surface area contributed by atoms with Crippen molar-refractivity contribution in [3.63, 3.8) is 0 Å². The third kappa shape index (κ3) is 4.63. The Morgan fingerprint density at radius 2 is 1.38 bits per heavy atom. The van der Waals surface area contributed by atoms with Gasteiger partial charge in [-0.1, -0.05) is 66.7 Å². The fraction of sp³-hybridized carbons (Fsp3) is 0.0909. The lowest BCUT2D eigenvalue weighted by Crippen LogP contribution is -2.15. The zero-order valence-electron chi connectivity index (χ0n) is 14.0. The second-order valence-corrected chi connectivity index (χ2v) is 5.83. The van der Waals surface area contributed by atoms with Crippen LogP contribution in [-0.4, -0.2) is 18.4 Å². The van der Waals surface area contributed by atoms with E-state index in [1.807, 2.05) is 42.5 Å². The maximum absolute atomic E-state index is 12.8. The quantitative estimate of drug-likeness (QED) is 0.488. The molecule has 0 aliphatic heterocycles. The number of ether oxygens (including phenoxy) is 1. The van der Waals surface area contributed by atoms with Gasteiger partial charge in [-0.05, 0) is 28.8 Å². The van der Waals surface area contributed by atoms with Gasteiger partial charge in [0.2, 0.25) is 0 Å². The Labute approximate surface area is 151 Å². The standard InChI is InChI=1S/C22H17FO3/c23-20-12-6-16(7-13-20)14-22(25)26-15-21(24)19-10-8-18(9-11-19)17-4-2-1-3-5-17/h1-13H,14-15H2. The van der Waals surface area contributed by atoms with Crippen molar-refractivity contribution in [2.24, 2.45) is 0 Å². The second kappa shape index (κ2) is 8.21. The molecule has 130 valence electrons. The molecular formula is C22H17FO3. The molecule has 0 spiro atoms. The highest BCUT2D eigenvalue weighted by atomic mass is 19.1. The number of ketones is 1. The monoisotopic (exact) mass is 348 g/mol. The first-order chi connectivity index (χ1) is 12.6. The second-order valence-electron chi connectivity index (χ2n) is 5.83. The number of Topliss-reactive ketones (excluding diaryl/α,β-unsaturated/α-hetero) is 1. The van der Waals surface area contributed by atoms with Gasteiger partial charge in [0, 0.05) is 5.56 Å². The third-order valence-corrected chi connectivity index (χ3v) is 3.94. The van der Waals surface area contributed by atoms with Crippen LogP contribution in [0.25, 0.3) is 11.1 Å². The van der Waals surface area contributed by atoms with Gasteiger partial charge < -0.3 is 4.74 Å². The number of halogens is 1. The van der Waals surface area contributed by atoms with E-state index in [-0.39, 0.29) is 24.6 Å². The van der Waals surface area contributed by atoms with Gasteiger partial charge >= 0.3 is 5.97 Å². The van der Waals surface area contributed by atoms with Gasteiger partial charge in [0.15, 0.2) is 12.4 Å². The fourth-order valence-electron chi connectivity index (χ4n) is 2.53. The van der Waals surface area contributed by atoms with E-state index in [0.717, 1.165) is 11.1 Å². The van der Waals surface area contributed by atoms with E-state index < -0.39 is 5.97 Å². The molecule has 3 aromatic rings. The summed E-state index contributed by atoms with van der Waals surface area (Å²) in [5.41, 5.74) is 3.20. The van der Waals surface area contributed by atoms with Crippen molar-refractivity contribution in [2.75, 3.05) is 6.61 Å². The van der Waals surface area contributed by atoms with Crippen LogP contribution < -0.4 is 0 Å². The highest BCUT2D eigenvalue weighted by Gasteiger charge is 2.11. The molecule has 0 N–H and O–H groups in total. The van der Waals surface area contributed by atoms with E-state index >= 15 is 0 Å². The average Bonchev–Trinajstić information content (AvgIpc) is 2.69. The summed E-state index contributed by atoms with van der Waals surface area (Å²) < 4.78 is 17.9. The first-order valence-corrected chi connectivity index (χ1v) is 8.20. The van der Waals surface area contributed by atoms with Gasteiger partial charge in [-0.3, -0.25) is 9.59 Å². The third-order valence-electron chi connectivity index (χ3n) is 3.94. The summed E-state index contributed by atoms with van der Waals surface area (Å²) in [5.74, 6) is -1.15. The minimum Gasteiger partial charge on any atom is -0.457 e. The highest BCUT2D eigenvalue weighted by molar-refractivity contribution is 5.98. The van der Waals surface area contributed by atoms with Crippen molar-refractivity contribution < 1.29 is 18.7 Å². The molecule has 0 unspecified atom stereocenters. The Bertz CT molecular complexity index is 885. The zero-order chi connectivity index (χ0) is 18.4. The molecule has 0 saturated carbocycles. The fourth-order valence-corrected chi connectivity index (χ4v) is 2.53. The average molecular weight is 348 g/mol. The molecule has 4 heteroatoms. The van der Waals surface area contributed by atoms with Gasteiger partial charge in [-0.25, -0.2) is 4.39 Å². The normalized spacial score (nSPS) is 10.3. The summed E-state index contributed by atoms with van der Waals surface area (Å²) in [6.45, 7) is -0.315. The van der Waals surface area contributed by atoms with Crippen LogP contribution in [0.5, 0.6) is 0 Å². The Balaban J connectivity index is 1.54. The van der Waals surface area contributed by atoms with Gasteiger partial charge in [-0.2, -0.15) is 0 Å². The van der Waals surface area contributed by atoms with E-state index in [1.54, 1.807) is 12.1 Å². The van der Waals surface area contributed by atoms with E-state index in [2.05, 4.69) is 0 Å². The number of hydrogen-bond donors (Lipinski definition) is 0. The van der Waals surface area contributed by atoms with Gasteiger partial charge in [0.05, 0.1) is 6.42 Å². The van der Waals surface area contributed by atoms with Crippen molar-refractivity contribution in [1.29, 1.82) is 0 Å². The van der Waals surface area contributed by atoms with Crippen LogP contribution in [0.2, 0.25) is 0 Å². The van der Waals surface area contributed by atoms with Crippen LogP contribution in [-0.2, 0) is 16.0 Å². The highest BCUT2D eigenvalue weighted by Crippen LogP contribution is 2.19. The van der Waals surface area contributed by atoms with Crippen LogP contribution in [0, 0.1) is 5.82 Å². The summed E-state index contributed by atoms with van der Waals surface area (Å²) in [7, 11) is 0. The topological polar surface area (TPSA) is 43.4 Å². The van der Waals surface area contributed by atoms with E-state index in [4.69, 9.17) is 4.74 Å². The molecule has 0 aromatic heterocycles. The minimum atomic E-state index is -0.522. The molecule has 0 aliphatic carbocycles. The van der Waals surface area contributed by atoms with E-state index in [9.17, 15) is 14.0 Å². The van der Waals surface area contributed by atoms with E-state index in [0.29, 0.717) is 11.1 Å². The molecule has 0 radical (unpaired) electrons. The molecule has 3 nitrogen and oxygen atoms in total. The van der Waals surface area contributed by atoms with Crippen molar-refractivity contribution in [2.45, 2.75) is 6.42 Å². The predicted octanol–water partition coefficient (Wildman–Crippen LogP) is 4.46. The molecule has 0 atom stereocenters. The lowest BCUT2D eigenvalue weighted by molar-refractivity contribution is -0.141. The van der Waals surface area contributed by atoms with Crippen molar-refractivity contribution >= 4 is 11.8 Å². The Hall–Kier alpha value is -3.27. The Morgan fingerprint density at radius 3 is 2.04 bits per heavy atom. The number of carbonyl (C=O) groups is 2. The summed E-state index contributed by atoms with van der Waals surface area (Å²) in [6.07, 6.45) is 0.000501. The number of carbonyl (C=O) groups excluding carboxylic acids is 2. The molecular weight excluding hydrogens is 331 g/mol. The molecule has 0 fully saturated rings. The molecule has 0 saturated heterocycles. The van der Waals surface area contributed by atoms with Crippen molar-refractivity contribution in [1.82, 2.24) is 0 Å². The summed E-state index contributed by atoms with van der Waals surface area (Å²) >= 11 is 0. The van der Waals surface area contributed by atoms with Crippen LogP contribution in [0.1, 0.15) is 15.9 Å². The molecule has 3 aromatic carbocycles. The van der Waals surface area contributed by atoms with Crippen LogP contribution in [0.3, 0.4) is 0 Å². The molecule has 26 heavy (non-hydrogen) atoms. The van der Waals surface area contributed by atoms with Crippen molar-refractivity contribution in [3.8, 4) is 11.1 Å². The molecule has 0 bridgehead atoms. The zero-order valence-corrected chi connectivity index (χ0v) is 14.0. The smallest absolute Gasteiger partial charge is 0.310 e. The molecule has 0 aliphatic rings. The first-order valence-electron chi connectivity index (χ1n) is 8.20. The predicted molar refractivity (Wildman–Crippen MR) is 97.3 cm³/mol. The Kier molecular flexibility index (Phi) is 5.54. The van der Waals surface area contributed by atoms with Gasteiger partial charge in [0.1, 0.15) is 5.82 Å². The number of benzene rings is 3. The Morgan fingerprint density at radius 1 is 0.769 bits per heavy atom.